The Labute approximate surface area is 299 Å². The largest absolute Gasteiger partial charge is 0.456 e. The highest BCUT2D eigenvalue weighted by molar-refractivity contribution is 6.19. The summed E-state index contributed by atoms with van der Waals surface area (Å²) in [6, 6.07) is 59.2. The van der Waals surface area contributed by atoms with Crippen LogP contribution in [0.4, 0.5) is 17.1 Å². The summed E-state index contributed by atoms with van der Waals surface area (Å²) in [7, 11) is 0. The summed E-state index contributed by atoms with van der Waals surface area (Å²) >= 11 is 0. The van der Waals surface area contributed by atoms with Crippen LogP contribution in [0.15, 0.2) is 174 Å². The van der Waals surface area contributed by atoms with Gasteiger partial charge in [-0.2, -0.15) is 0 Å². The van der Waals surface area contributed by atoms with Crippen molar-refractivity contribution in [2.75, 3.05) is 4.90 Å². The number of rotatable bonds is 4. The number of hydrogen-bond acceptors (Lipinski definition) is 5. The maximum Gasteiger partial charge on any atom is 0.164 e. The van der Waals surface area contributed by atoms with Crippen LogP contribution in [0.3, 0.4) is 0 Å². The first-order valence-electron chi connectivity index (χ1n) is 17.5. The first kappa shape index (κ1) is 28.7. The van der Waals surface area contributed by atoms with Crippen molar-refractivity contribution in [3.8, 4) is 45.3 Å². The highest BCUT2D eigenvalue weighted by atomic mass is 16.3. The Morgan fingerprint density at radius 1 is 0.385 bits per heavy atom. The van der Waals surface area contributed by atoms with Gasteiger partial charge in [-0.15, -0.1) is 0 Å². The molecule has 0 aliphatic carbocycles. The van der Waals surface area contributed by atoms with Gasteiger partial charge in [0.25, 0.3) is 0 Å². The summed E-state index contributed by atoms with van der Waals surface area (Å²) < 4.78 is 6.23. The van der Waals surface area contributed by atoms with E-state index in [4.69, 9.17) is 19.4 Å². The van der Waals surface area contributed by atoms with Gasteiger partial charge in [0.2, 0.25) is 0 Å². The number of para-hydroxylation sites is 1. The topological polar surface area (TPSA) is 55.1 Å². The van der Waals surface area contributed by atoms with E-state index in [1.54, 1.807) is 0 Å². The molecular weight excluding hydrogens is 637 g/mol. The molecule has 0 unspecified atom stereocenters. The van der Waals surface area contributed by atoms with E-state index >= 15 is 0 Å². The molecule has 0 amide bonds. The van der Waals surface area contributed by atoms with Crippen LogP contribution in [0, 0.1) is 0 Å². The molecule has 3 heterocycles. The van der Waals surface area contributed by atoms with E-state index in [-0.39, 0.29) is 0 Å². The fraction of sp³-hybridized carbons (Fsp3) is 0. The fourth-order valence-electron chi connectivity index (χ4n) is 7.92. The smallest absolute Gasteiger partial charge is 0.164 e. The number of aromatic nitrogens is 3. The van der Waals surface area contributed by atoms with Gasteiger partial charge in [-0.3, -0.25) is 0 Å². The van der Waals surface area contributed by atoms with Crippen LogP contribution in [0.25, 0.3) is 88.8 Å². The average molecular weight is 665 g/mol. The van der Waals surface area contributed by atoms with Crippen molar-refractivity contribution in [1.82, 2.24) is 15.0 Å². The Morgan fingerprint density at radius 2 is 1.02 bits per heavy atom. The van der Waals surface area contributed by atoms with Crippen molar-refractivity contribution >= 4 is 60.5 Å². The van der Waals surface area contributed by atoms with Crippen molar-refractivity contribution in [3.63, 3.8) is 0 Å². The molecule has 0 bridgehead atoms. The Kier molecular flexibility index (Phi) is 6.18. The SMILES string of the molecule is c1ccc(-c2nc(-c3ccc(N4c5ccc6ccccc6c5-c5cccc6cccc4c56)cc3)nc(-c3cccc4oc5ccccc5c34)n2)cc1. The predicted molar refractivity (Wildman–Crippen MR) is 212 cm³/mol. The number of furan rings is 1. The van der Waals surface area contributed by atoms with Crippen LogP contribution < -0.4 is 4.90 Å². The van der Waals surface area contributed by atoms with Crippen molar-refractivity contribution in [3.05, 3.63) is 170 Å². The molecule has 0 spiro atoms. The molecule has 1 aliphatic heterocycles. The van der Waals surface area contributed by atoms with E-state index in [2.05, 4.69) is 114 Å². The molecule has 2 aromatic heterocycles. The normalized spacial score (nSPS) is 12.2. The highest BCUT2D eigenvalue weighted by Gasteiger charge is 2.27. The summed E-state index contributed by atoms with van der Waals surface area (Å²) in [5.74, 6) is 1.83. The summed E-state index contributed by atoms with van der Waals surface area (Å²) in [5, 5.41) is 6.99. The van der Waals surface area contributed by atoms with Gasteiger partial charge in [0.05, 0.1) is 11.4 Å². The van der Waals surface area contributed by atoms with E-state index in [9.17, 15) is 0 Å². The van der Waals surface area contributed by atoms with E-state index in [1.807, 2.05) is 60.7 Å². The molecule has 8 aromatic carbocycles. The van der Waals surface area contributed by atoms with Gasteiger partial charge in [0.1, 0.15) is 11.2 Å². The average Bonchev–Trinajstić information content (AvgIpc) is 3.60. The zero-order valence-electron chi connectivity index (χ0n) is 27.9. The quantitative estimate of drug-likeness (QED) is 0.187. The number of nitrogens with zero attached hydrogens (tertiary/aromatic N) is 4. The molecule has 1 aliphatic rings. The molecule has 0 saturated carbocycles. The summed E-state index contributed by atoms with van der Waals surface area (Å²) in [4.78, 5) is 17.6. The minimum atomic E-state index is 0.602. The monoisotopic (exact) mass is 664 g/mol. The summed E-state index contributed by atoms with van der Waals surface area (Å²) in [5.41, 5.74) is 10.3. The number of hydrogen-bond donors (Lipinski definition) is 0. The van der Waals surface area contributed by atoms with Gasteiger partial charge in [-0.1, -0.05) is 121 Å². The van der Waals surface area contributed by atoms with E-state index < -0.39 is 0 Å². The van der Waals surface area contributed by atoms with E-state index in [0.29, 0.717) is 17.5 Å². The lowest BCUT2D eigenvalue weighted by atomic mass is 9.87. The number of benzene rings is 8. The maximum atomic E-state index is 6.23. The van der Waals surface area contributed by atoms with Gasteiger partial charge in [0.15, 0.2) is 17.5 Å². The fourth-order valence-corrected chi connectivity index (χ4v) is 7.92. The summed E-state index contributed by atoms with van der Waals surface area (Å²) in [6.07, 6.45) is 0. The molecule has 0 fully saturated rings. The van der Waals surface area contributed by atoms with Crippen molar-refractivity contribution in [2.24, 2.45) is 0 Å². The third-order valence-corrected chi connectivity index (χ3v) is 10.2. The molecule has 52 heavy (non-hydrogen) atoms. The lowest BCUT2D eigenvalue weighted by molar-refractivity contribution is 0.669. The van der Waals surface area contributed by atoms with Gasteiger partial charge < -0.3 is 9.32 Å². The Bertz CT molecular complexity index is 3020. The molecule has 0 saturated heterocycles. The second-order valence-electron chi connectivity index (χ2n) is 13.2. The minimum Gasteiger partial charge on any atom is -0.456 e. The van der Waals surface area contributed by atoms with Gasteiger partial charge in [-0.25, -0.2) is 15.0 Å². The van der Waals surface area contributed by atoms with Crippen molar-refractivity contribution in [1.29, 1.82) is 0 Å². The molecule has 11 rings (SSSR count). The van der Waals surface area contributed by atoms with Crippen LogP contribution in [0.5, 0.6) is 0 Å². The van der Waals surface area contributed by atoms with Crippen LogP contribution in [0.2, 0.25) is 0 Å². The van der Waals surface area contributed by atoms with E-state index in [0.717, 1.165) is 55.7 Å². The Balaban J connectivity index is 1.09. The van der Waals surface area contributed by atoms with Crippen molar-refractivity contribution in [2.45, 2.75) is 0 Å². The van der Waals surface area contributed by atoms with Crippen LogP contribution in [0.1, 0.15) is 0 Å². The predicted octanol–water partition coefficient (Wildman–Crippen LogP) is 12.5. The number of anilines is 3. The highest BCUT2D eigenvalue weighted by Crippen LogP contribution is 2.53. The minimum absolute atomic E-state index is 0.602. The Hall–Kier alpha value is -7.11. The molecule has 242 valence electrons. The standard InChI is InChI=1S/C47H28N4O/c1-2-12-31(13-3-1)45-48-46(50-47(49-45)37-19-10-22-41-44(37)35-17-6-7-21-40(35)52-41)32-23-26-33(27-24-32)51-38-20-9-15-30-14-8-18-36(42(30)38)43-34-16-5-4-11-29(34)25-28-39(43)51/h1-28H. The molecule has 10 aromatic rings. The van der Waals surface area contributed by atoms with Crippen LogP contribution in [-0.2, 0) is 0 Å². The lowest BCUT2D eigenvalue weighted by Gasteiger charge is -2.34. The second-order valence-corrected chi connectivity index (χ2v) is 13.2. The van der Waals surface area contributed by atoms with Gasteiger partial charge >= 0.3 is 0 Å². The molecular formula is C47H28N4O. The van der Waals surface area contributed by atoms with Gasteiger partial charge in [-0.05, 0) is 70.3 Å². The molecule has 5 heteroatoms. The number of fused-ring (bicyclic) bond motifs is 7. The maximum absolute atomic E-state index is 6.23. The molecule has 5 nitrogen and oxygen atoms in total. The Morgan fingerprint density at radius 3 is 1.87 bits per heavy atom. The zero-order valence-corrected chi connectivity index (χ0v) is 27.9. The third-order valence-electron chi connectivity index (χ3n) is 10.2. The third kappa shape index (κ3) is 4.33. The van der Waals surface area contributed by atoms with Crippen LogP contribution >= 0.6 is 0 Å². The first-order valence-corrected chi connectivity index (χ1v) is 17.5. The van der Waals surface area contributed by atoms with Crippen LogP contribution in [-0.4, -0.2) is 15.0 Å². The second kappa shape index (κ2) is 11.2. The first-order chi connectivity index (χ1) is 25.8. The van der Waals surface area contributed by atoms with Gasteiger partial charge in [0, 0.05) is 44.1 Å². The molecule has 0 N–H and O–H groups in total. The molecule has 0 radical (unpaired) electrons. The van der Waals surface area contributed by atoms with E-state index in [1.165, 1.54) is 32.7 Å². The lowest BCUT2D eigenvalue weighted by Crippen LogP contribution is -2.15. The van der Waals surface area contributed by atoms with Crippen molar-refractivity contribution < 1.29 is 4.42 Å². The summed E-state index contributed by atoms with van der Waals surface area (Å²) in [6.45, 7) is 0. The zero-order chi connectivity index (χ0) is 34.2. The molecule has 0 atom stereocenters.